The number of sulfonamides is 1. The third-order valence-electron chi connectivity index (χ3n) is 3.48. The van der Waals surface area contributed by atoms with Crippen molar-refractivity contribution in [2.24, 2.45) is 5.92 Å². The molecule has 4 nitrogen and oxygen atoms in total. The van der Waals surface area contributed by atoms with E-state index in [0.717, 1.165) is 18.4 Å². The molecule has 0 amide bonds. The third-order valence-corrected chi connectivity index (χ3v) is 5.27. The van der Waals surface area contributed by atoms with Gasteiger partial charge in [-0.25, -0.2) is 13.1 Å². The molecule has 1 aliphatic rings. The van der Waals surface area contributed by atoms with Gasteiger partial charge in [-0.2, -0.15) is 0 Å². The van der Waals surface area contributed by atoms with Crippen LogP contribution in [0.2, 0.25) is 5.02 Å². The maximum Gasteiger partial charge on any atom is 0.240 e. The molecule has 1 fully saturated rings. The second-order valence-corrected chi connectivity index (χ2v) is 7.11. The Morgan fingerprint density at radius 2 is 2.11 bits per heavy atom. The molecule has 0 bridgehead atoms. The summed E-state index contributed by atoms with van der Waals surface area (Å²) >= 11 is 6.03. The molecule has 0 unspecified atom stereocenters. The fourth-order valence-electron chi connectivity index (χ4n) is 2.05. The molecule has 0 radical (unpaired) electrons. The standard InChI is InChI=1S/C13H19ClN2O2S/c1-15-9-11-7-12(5-6-13(11)14)19(17,18)16-8-10-3-2-4-10/h5-7,10,15-16H,2-4,8-9H2,1H3. The summed E-state index contributed by atoms with van der Waals surface area (Å²) in [4.78, 5) is 0.279. The molecule has 19 heavy (non-hydrogen) atoms. The molecule has 1 saturated carbocycles. The van der Waals surface area contributed by atoms with Gasteiger partial charge in [0.15, 0.2) is 0 Å². The molecule has 2 N–H and O–H groups in total. The van der Waals surface area contributed by atoms with Crippen LogP contribution in [0.15, 0.2) is 23.1 Å². The molecule has 0 atom stereocenters. The smallest absolute Gasteiger partial charge is 0.240 e. The maximum atomic E-state index is 12.2. The van der Waals surface area contributed by atoms with Gasteiger partial charge in [-0.15, -0.1) is 0 Å². The Bertz CT molecular complexity index is 542. The quantitative estimate of drug-likeness (QED) is 0.846. The van der Waals surface area contributed by atoms with Crippen LogP contribution in [0.5, 0.6) is 0 Å². The zero-order valence-electron chi connectivity index (χ0n) is 10.9. The summed E-state index contributed by atoms with van der Waals surface area (Å²) in [5.41, 5.74) is 0.788. The highest BCUT2D eigenvalue weighted by atomic mass is 35.5. The molecule has 106 valence electrons. The first-order valence-corrected chi connectivity index (χ1v) is 8.32. The molecule has 1 aromatic rings. The second kappa shape index (κ2) is 6.22. The van der Waals surface area contributed by atoms with Crippen molar-refractivity contribution in [3.8, 4) is 0 Å². The van der Waals surface area contributed by atoms with Crippen molar-refractivity contribution in [2.75, 3.05) is 13.6 Å². The first kappa shape index (κ1) is 14.8. The summed E-state index contributed by atoms with van der Waals surface area (Å²) in [6, 6.07) is 4.80. The first-order valence-electron chi connectivity index (χ1n) is 6.45. The molecular formula is C13H19ClN2O2S. The van der Waals surface area contributed by atoms with Crippen LogP contribution in [0.25, 0.3) is 0 Å². The van der Waals surface area contributed by atoms with Gasteiger partial charge in [0, 0.05) is 18.1 Å². The second-order valence-electron chi connectivity index (χ2n) is 4.93. The number of hydrogen-bond acceptors (Lipinski definition) is 3. The summed E-state index contributed by atoms with van der Waals surface area (Å²) in [5.74, 6) is 0.499. The van der Waals surface area contributed by atoms with Crippen molar-refractivity contribution in [1.29, 1.82) is 0 Å². The average molecular weight is 303 g/mol. The minimum atomic E-state index is -3.43. The number of benzene rings is 1. The summed E-state index contributed by atoms with van der Waals surface area (Å²) in [6.07, 6.45) is 3.45. The normalized spacial score (nSPS) is 16.3. The van der Waals surface area contributed by atoms with Crippen molar-refractivity contribution in [3.05, 3.63) is 28.8 Å². The molecule has 1 aromatic carbocycles. The van der Waals surface area contributed by atoms with Crippen LogP contribution in [-0.2, 0) is 16.6 Å². The Kier molecular flexibility index (Phi) is 4.84. The molecule has 2 rings (SSSR count). The fraction of sp³-hybridized carbons (Fsp3) is 0.538. The van der Waals surface area contributed by atoms with Gasteiger partial charge in [0.05, 0.1) is 4.90 Å². The lowest BCUT2D eigenvalue weighted by Crippen LogP contribution is -2.32. The Labute approximate surface area is 119 Å². The predicted molar refractivity (Wildman–Crippen MR) is 76.7 cm³/mol. The van der Waals surface area contributed by atoms with E-state index in [4.69, 9.17) is 11.6 Å². The van der Waals surface area contributed by atoms with Gasteiger partial charge in [-0.05, 0) is 49.6 Å². The Hall–Kier alpha value is -0.620. The van der Waals surface area contributed by atoms with Crippen LogP contribution >= 0.6 is 11.6 Å². The zero-order chi connectivity index (χ0) is 13.9. The number of nitrogens with one attached hydrogen (secondary N) is 2. The lowest BCUT2D eigenvalue weighted by atomic mass is 9.86. The van der Waals surface area contributed by atoms with Crippen LogP contribution in [0, 0.1) is 5.92 Å². The van der Waals surface area contributed by atoms with E-state index in [0.29, 0.717) is 24.0 Å². The minimum absolute atomic E-state index is 0.279. The number of halogens is 1. The van der Waals surface area contributed by atoms with Crippen molar-refractivity contribution >= 4 is 21.6 Å². The van der Waals surface area contributed by atoms with Gasteiger partial charge in [-0.1, -0.05) is 18.0 Å². The van der Waals surface area contributed by atoms with Gasteiger partial charge in [-0.3, -0.25) is 0 Å². The van der Waals surface area contributed by atoms with E-state index in [9.17, 15) is 8.42 Å². The van der Waals surface area contributed by atoms with Gasteiger partial charge in [0.2, 0.25) is 10.0 Å². The van der Waals surface area contributed by atoms with Crippen molar-refractivity contribution in [2.45, 2.75) is 30.7 Å². The van der Waals surface area contributed by atoms with Crippen LogP contribution in [0.4, 0.5) is 0 Å². The van der Waals surface area contributed by atoms with E-state index in [1.807, 2.05) is 0 Å². The maximum absolute atomic E-state index is 12.2. The zero-order valence-corrected chi connectivity index (χ0v) is 12.5. The molecule has 1 aliphatic carbocycles. The van der Waals surface area contributed by atoms with Crippen molar-refractivity contribution in [3.63, 3.8) is 0 Å². The van der Waals surface area contributed by atoms with Gasteiger partial charge in [0.25, 0.3) is 0 Å². The van der Waals surface area contributed by atoms with Crippen LogP contribution in [-0.4, -0.2) is 22.0 Å². The minimum Gasteiger partial charge on any atom is -0.316 e. The highest BCUT2D eigenvalue weighted by Gasteiger charge is 2.21. The van der Waals surface area contributed by atoms with E-state index in [-0.39, 0.29) is 4.90 Å². The van der Waals surface area contributed by atoms with Crippen molar-refractivity contribution in [1.82, 2.24) is 10.0 Å². The third kappa shape index (κ3) is 3.69. The highest BCUT2D eigenvalue weighted by Crippen LogP contribution is 2.26. The average Bonchev–Trinajstić information content (AvgIpc) is 2.30. The lowest BCUT2D eigenvalue weighted by Gasteiger charge is -2.25. The van der Waals surface area contributed by atoms with Gasteiger partial charge in [0.1, 0.15) is 0 Å². The predicted octanol–water partition coefficient (Wildman–Crippen LogP) is 2.14. The molecule has 0 saturated heterocycles. The monoisotopic (exact) mass is 302 g/mol. The Balaban J connectivity index is 2.12. The largest absolute Gasteiger partial charge is 0.316 e. The summed E-state index contributed by atoms with van der Waals surface area (Å²) in [6.45, 7) is 1.08. The number of hydrogen-bond donors (Lipinski definition) is 2. The highest BCUT2D eigenvalue weighted by molar-refractivity contribution is 7.89. The molecule has 0 aromatic heterocycles. The van der Waals surface area contributed by atoms with Crippen molar-refractivity contribution < 1.29 is 8.42 Å². The van der Waals surface area contributed by atoms with E-state index >= 15 is 0 Å². The fourth-order valence-corrected chi connectivity index (χ4v) is 3.40. The molecule has 0 heterocycles. The summed E-state index contributed by atoms with van der Waals surface area (Å²) in [7, 11) is -1.63. The van der Waals surface area contributed by atoms with E-state index in [2.05, 4.69) is 10.0 Å². The number of rotatable bonds is 6. The van der Waals surface area contributed by atoms with Crippen LogP contribution < -0.4 is 10.0 Å². The summed E-state index contributed by atoms with van der Waals surface area (Å²) in [5, 5.41) is 3.55. The molecule has 6 heteroatoms. The Morgan fingerprint density at radius 3 is 2.68 bits per heavy atom. The summed E-state index contributed by atoms with van der Waals surface area (Å²) < 4.78 is 27.0. The van der Waals surface area contributed by atoms with Crippen LogP contribution in [0.1, 0.15) is 24.8 Å². The molecule has 0 aliphatic heterocycles. The molecular weight excluding hydrogens is 284 g/mol. The van der Waals surface area contributed by atoms with Gasteiger partial charge >= 0.3 is 0 Å². The lowest BCUT2D eigenvalue weighted by molar-refractivity contribution is 0.316. The topological polar surface area (TPSA) is 58.2 Å². The van der Waals surface area contributed by atoms with E-state index < -0.39 is 10.0 Å². The Morgan fingerprint density at radius 1 is 1.37 bits per heavy atom. The van der Waals surface area contributed by atoms with Gasteiger partial charge < -0.3 is 5.32 Å². The molecule has 0 spiro atoms. The first-order chi connectivity index (χ1) is 9.03. The SMILES string of the molecule is CNCc1cc(S(=O)(=O)NCC2CCC2)ccc1Cl. The van der Waals surface area contributed by atoms with E-state index in [1.165, 1.54) is 6.42 Å². The van der Waals surface area contributed by atoms with Crippen LogP contribution in [0.3, 0.4) is 0 Å². The van der Waals surface area contributed by atoms with E-state index in [1.54, 1.807) is 25.2 Å².